The fourth-order valence-electron chi connectivity index (χ4n) is 3.27. The molecule has 1 aliphatic rings. The summed E-state index contributed by atoms with van der Waals surface area (Å²) in [7, 11) is -3.64. The first kappa shape index (κ1) is 22.5. The number of aromatic nitrogens is 3. The molecule has 10 nitrogen and oxygen atoms in total. The molecule has 0 spiro atoms. The number of rotatable bonds is 8. The van der Waals surface area contributed by atoms with Crippen molar-refractivity contribution in [3.63, 3.8) is 0 Å². The quantitative estimate of drug-likeness (QED) is 0.491. The highest BCUT2D eigenvalue weighted by molar-refractivity contribution is 7.99. The van der Waals surface area contributed by atoms with Crippen molar-refractivity contribution in [1.82, 2.24) is 19.1 Å². The summed E-state index contributed by atoms with van der Waals surface area (Å²) in [5.41, 5.74) is 0.415. The molecule has 1 aliphatic heterocycles. The van der Waals surface area contributed by atoms with Gasteiger partial charge in [-0.05, 0) is 37.3 Å². The number of ether oxygens (including phenoxy) is 1. The van der Waals surface area contributed by atoms with Gasteiger partial charge in [0.15, 0.2) is 16.7 Å². The van der Waals surface area contributed by atoms with E-state index in [0.29, 0.717) is 55.3 Å². The van der Waals surface area contributed by atoms with Crippen LogP contribution in [0.3, 0.4) is 0 Å². The van der Waals surface area contributed by atoms with Gasteiger partial charge in [-0.3, -0.25) is 9.36 Å². The van der Waals surface area contributed by atoms with E-state index < -0.39 is 10.0 Å². The zero-order chi connectivity index (χ0) is 22.6. The number of nitrogens with one attached hydrogen (secondary N) is 1. The van der Waals surface area contributed by atoms with E-state index in [-0.39, 0.29) is 16.6 Å². The molecule has 12 heteroatoms. The average Bonchev–Trinajstić information content (AvgIpc) is 3.48. The van der Waals surface area contributed by atoms with Crippen LogP contribution in [0.4, 0.5) is 5.69 Å². The zero-order valence-corrected chi connectivity index (χ0v) is 19.1. The molecule has 1 N–H and O–H groups in total. The van der Waals surface area contributed by atoms with Gasteiger partial charge in [0.2, 0.25) is 15.9 Å². The lowest BCUT2D eigenvalue weighted by Crippen LogP contribution is -2.40. The Morgan fingerprint density at radius 1 is 1.19 bits per heavy atom. The van der Waals surface area contributed by atoms with E-state index in [4.69, 9.17) is 9.15 Å². The number of furan rings is 1. The van der Waals surface area contributed by atoms with Gasteiger partial charge in [-0.15, -0.1) is 10.2 Å². The van der Waals surface area contributed by atoms with Crippen LogP contribution < -0.4 is 5.32 Å². The second-order valence-electron chi connectivity index (χ2n) is 6.91. The molecular formula is C20H23N5O5S2. The molecule has 3 aromatic rings. The van der Waals surface area contributed by atoms with Crippen molar-refractivity contribution in [3.05, 3.63) is 42.7 Å². The van der Waals surface area contributed by atoms with Gasteiger partial charge in [0, 0.05) is 25.3 Å². The summed E-state index contributed by atoms with van der Waals surface area (Å²) in [6.07, 6.45) is 1.57. The van der Waals surface area contributed by atoms with E-state index >= 15 is 0 Å². The first-order valence-corrected chi connectivity index (χ1v) is 12.5. The highest BCUT2D eigenvalue weighted by atomic mass is 32.2. The maximum Gasteiger partial charge on any atom is 0.243 e. The van der Waals surface area contributed by atoms with Gasteiger partial charge in [-0.25, -0.2) is 8.42 Å². The van der Waals surface area contributed by atoms with Gasteiger partial charge < -0.3 is 14.5 Å². The molecule has 0 atom stereocenters. The predicted molar refractivity (Wildman–Crippen MR) is 119 cm³/mol. The third-order valence-corrected chi connectivity index (χ3v) is 7.69. The predicted octanol–water partition coefficient (Wildman–Crippen LogP) is 2.31. The standard InChI is InChI=1S/C20H23N5O5S2/c1-2-25-19(17-7-4-10-30-17)22-23-20(25)31-14-18(26)21-15-5-3-6-16(13-15)32(27,28)24-8-11-29-12-9-24/h3-7,10,13H,2,8-9,11-12,14H2,1H3,(H,21,26). The maximum absolute atomic E-state index is 12.8. The van der Waals surface area contributed by atoms with E-state index in [0.717, 1.165) is 0 Å². The van der Waals surface area contributed by atoms with Crippen LogP contribution in [0.15, 0.2) is 57.1 Å². The van der Waals surface area contributed by atoms with Crippen molar-refractivity contribution >= 4 is 33.4 Å². The Hall–Kier alpha value is -2.67. The first-order chi connectivity index (χ1) is 15.5. The van der Waals surface area contributed by atoms with Crippen LogP contribution in [0.5, 0.6) is 0 Å². The van der Waals surface area contributed by atoms with E-state index in [1.807, 2.05) is 11.5 Å². The largest absolute Gasteiger partial charge is 0.461 e. The van der Waals surface area contributed by atoms with Gasteiger partial charge >= 0.3 is 0 Å². The van der Waals surface area contributed by atoms with Crippen molar-refractivity contribution in [1.29, 1.82) is 0 Å². The van der Waals surface area contributed by atoms with Crippen LogP contribution in [0.2, 0.25) is 0 Å². The molecule has 0 aliphatic carbocycles. The number of hydrogen-bond acceptors (Lipinski definition) is 8. The minimum atomic E-state index is -3.64. The van der Waals surface area contributed by atoms with E-state index in [2.05, 4.69) is 15.5 Å². The molecular weight excluding hydrogens is 454 g/mol. The van der Waals surface area contributed by atoms with Crippen LogP contribution in [-0.2, 0) is 26.1 Å². The van der Waals surface area contributed by atoms with Crippen molar-refractivity contribution in [2.24, 2.45) is 0 Å². The Balaban J connectivity index is 1.40. The molecule has 1 saturated heterocycles. The SMILES string of the molecule is CCn1c(SCC(=O)Nc2cccc(S(=O)(=O)N3CCOCC3)c2)nnc1-c1ccco1. The molecule has 0 saturated carbocycles. The van der Waals surface area contributed by atoms with Gasteiger partial charge in [0.05, 0.1) is 30.1 Å². The molecule has 0 radical (unpaired) electrons. The summed E-state index contributed by atoms with van der Waals surface area (Å²) in [6, 6.07) is 9.84. The van der Waals surface area contributed by atoms with Crippen LogP contribution in [0.1, 0.15) is 6.92 Å². The molecule has 2 aromatic heterocycles. The number of benzene rings is 1. The monoisotopic (exact) mass is 477 g/mol. The smallest absolute Gasteiger partial charge is 0.243 e. The summed E-state index contributed by atoms with van der Waals surface area (Å²) in [5, 5.41) is 11.7. The van der Waals surface area contributed by atoms with Crippen LogP contribution in [0.25, 0.3) is 11.6 Å². The summed E-state index contributed by atoms with van der Waals surface area (Å²) < 4.78 is 39.5. The second-order valence-corrected chi connectivity index (χ2v) is 9.79. The third-order valence-electron chi connectivity index (χ3n) is 4.83. The molecule has 1 aromatic carbocycles. The minimum Gasteiger partial charge on any atom is -0.461 e. The first-order valence-electron chi connectivity index (χ1n) is 10.1. The summed E-state index contributed by atoms with van der Waals surface area (Å²) >= 11 is 1.24. The Bertz CT molecular complexity index is 1170. The Labute approximate surface area is 190 Å². The second kappa shape index (κ2) is 9.86. The van der Waals surface area contributed by atoms with E-state index in [9.17, 15) is 13.2 Å². The number of morpholine rings is 1. The third kappa shape index (κ3) is 4.88. The normalized spacial score (nSPS) is 15.0. The van der Waals surface area contributed by atoms with E-state index in [1.165, 1.54) is 28.2 Å². The van der Waals surface area contributed by atoms with Crippen molar-refractivity contribution in [2.75, 3.05) is 37.4 Å². The summed E-state index contributed by atoms with van der Waals surface area (Å²) in [6.45, 7) is 3.95. The topological polar surface area (TPSA) is 120 Å². The highest BCUT2D eigenvalue weighted by Gasteiger charge is 2.26. The Morgan fingerprint density at radius 3 is 2.72 bits per heavy atom. The fraction of sp³-hybridized carbons (Fsp3) is 0.350. The van der Waals surface area contributed by atoms with Gasteiger partial charge in [0.1, 0.15) is 0 Å². The van der Waals surface area contributed by atoms with Gasteiger partial charge in [-0.1, -0.05) is 17.8 Å². The van der Waals surface area contributed by atoms with Gasteiger partial charge in [0.25, 0.3) is 0 Å². The number of amides is 1. The van der Waals surface area contributed by atoms with Crippen LogP contribution >= 0.6 is 11.8 Å². The molecule has 1 fully saturated rings. The molecule has 170 valence electrons. The number of carbonyl (C=O) groups is 1. The zero-order valence-electron chi connectivity index (χ0n) is 17.4. The maximum atomic E-state index is 12.8. The lowest BCUT2D eigenvalue weighted by molar-refractivity contribution is -0.113. The van der Waals surface area contributed by atoms with Crippen LogP contribution in [-0.4, -0.2) is 65.5 Å². The highest BCUT2D eigenvalue weighted by Crippen LogP contribution is 2.25. The lowest BCUT2D eigenvalue weighted by atomic mass is 10.3. The Kier molecular flexibility index (Phi) is 6.94. The van der Waals surface area contributed by atoms with Gasteiger partial charge in [-0.2, -0.15) is 4.31 Å². The summed E-state index contributed by atoms with van der Waals surface area (Å²) in [5.74, 6) is 1.02. The molecule has 1 amide bonds. The van der Waals surface area contributed by atoms with E-state index in [1.54, 1.807) is 30.5 Å². The minimum absolute atomic E-state index is 0.0940. The fourth-order valence-corrected chi connectivity index (χ4v) is 5.52. The Morgan fingerprint density at radius 2 is 2.00 bits per heavy atom. The number of thioether (sulfide) groups is 1. The lowest BCUT2D eigenvalue weighted by Gasteiger charge is -2.26. The molecule has 0 bridgehead atoms. The summed E-state index contributed by atoms with van der Waals surface area (Å²) in [4.78, 5) is 12.6. The van der Waals surface area contributed by atoms with Crippen molar-refractivity contribution < 1.29 is 22.4 Å². The average molecular weight is 478 g/mol. The number of carbonyl (C=O) groups excluding carboxylic acids is 1. The molecule has 4 rings (SSSR count). The van der Waals surface area contributed by atoms with Crippen molar-refractivity contribution in [2.45, 2.75) is 23.5 Å². The number of nitrogens with zero attached hydrogens (tertiary/aromatic N) is 4. The van der Waals surface area contributed by atoms with Crippen molar-refractivity contribution in [3.8, 4) is 11.6 Å². The number of sulfonamides is 1. The number of hydrogen-bond donors (Lipinski definition) is 1. The molecule has 32 heavy (non-hydrogen) atoms. The molecule has 0 unspecified atom stereocenters. The number of anilines is 1. The van der Waals surface area contributed by atoms with Crippen LogP contribution in [0, 0.1) is 0 Å². The molecule has 3 heterocycles.